The molecule has 1 atom stereocenters. The van der Waals surface area contributed by atoms with Crippen molar-refractivity contribution < 1.29 is 18.3 Å². The minimum Gasteiger partial charge on any atom is -0.480 e. The van der Waals surface area contributed by atoms with Gasteiger partial charge in [-0.2, -0.15) is 4.31 Å². The highest BCUT2D eigenvalue weighted by molar-refractivity contribution is 7.89. The predicted octanol–water partition coefficient (Wildman–Crippen LogP) is 3.62. The van der Waals surface area contributed by atoms with E-state index in [2.05, 4.69) is 0 Å². The maximum atomic E-state index is 12.7. The van der Waals surface area contributed by atoms with E-state index < -0.39 is 22.0 Å². The Morgan fingerprint density at radius 2 is 1.76 bits per heavy atom. The lowest BCUT2D eigenvalue weighted by atomic mass is 10.0. The molecule has 1 N–H and O–H groups in total. The monoisotopic (exact) mass is 401 g/mol. The highest BCUT2D eigenvalue weighted by atomic mass is 35.5. The predicted molar refractivity (Wildman–Crippen MR) is 97.7 cm³/mol. The number of likely N-dealkylation sites (N-methyl/N-ethyl adjacent to an activating group) is 1. The van der Waals surface area contributed by atoms with E-state index in [9.17, 15) is 18.3 Å². The SMILES string of the molecule is Cc1c(Cl)cccc1C[C@@H](C(=O)O)N(C)S(=O)(=O)c1ccc(Cl)cc1. The average molecular weight is 402 g/mol. The second-order valence-electron chi connectivity index (χ2n) is 5.56. The second-order valence-corrected chi connectivity index (χ2v) is 8.40. The normalized spacial score (nSPS) is 13.0. The van der Waals surface area contributed by atoms with Gasteiger partial charge in [-0.25, -0.2) is 8.42 Å². The zero-order valence-corrected chi connectivity index (χ0v) is 15.9. The number of sulfonamides is 1. The molecule has 0 bridgehead atoms. The number of carboxylic acids is 1. The van der Waals surface area contributed by atoms with E-state index in [1.807, 2.05) is 0 Å². The van der Waals surface area contributed by atoms with Crippen molar-refractivity contribution in [2.24, 2.45) is 0 Å². The molecule has 0 fully saturated rings. The molecule has 2 aromatic carbocycles. The summed E-state index contributed by atoms with van der Waals surface area (Å²) >= 11 is 11.8. The summed E-state index contributed by atoms with van der Waals surface area (Å²) in [5.41, 5.74) is 1.41. The van der Waals surface area contributed by atoms with Crippen LogP contribution < -0.4 is 0 Å². The Morgan fingerprint density at radius 1 is 1.16 bits per heavy atom. The van der Waals surface area contributed by atoms with Gasteiger partial charge < -0.3 is 5.11 Å². The quantitative estimate of drug-likeness (QED) is 0.801. The minimum atomic E-state index is -3.98. The number of carbonyl (C=O) groups is 1. The number of hydrogen-bond donors (Lipinski definition) is 1. The molecule has 0 saturated heterocycles. The molecule has 0 aliphatic heterocycles. The first-order valence-electron chi connectivity index (χ1n) is 7.35. The minimum absolute atomic E-state index is 0.00501. The number of hydrogen-bond acceptors (Lipinski definition) is 3. The molecular weight excluding hydrogens is 385 g/mol. The van der Waals surface area contributed by atoms with E-state index in [1.54, 1.807) is 25.1 Å². The molecule has 0 aliphatic carbocycles. The molecule has 0 unspecified atom stereocenters. The summed E-state index contributed by atoms with van der Waals surface area (Å²) in [5.74, 6) is -1.24. The van der Waals surface area contributed by atoms with Gasteiger partial charge in [0.1, 0.15) is 6.04 Å². The van der Waals surface area contributed by atoms with Gasteiger partial charge in [-0.3, -0.25) is 4.79 Å². The van der Waals surface area contributed by atoms with Gasteiger partial charge in [0.25, 0.3) is 0 Å². The summed E-state index contributed by atoms with van der Waals surface area (Å²) in [6, 6.07) is 9.45. The highest BCUT2D eigenvalue weighted by Crippen LogP contribution is 2.24. The van der Waals surface area contributed by atoms with E-state index in [4.69, 9.17) is 23.2 Å². The van der Waals surface area contributed by atoms with Crippen LogP contribution in [0.1, 0.15) is 11.1 Å². The van der Waals surface area contributed by atoms with Gasteiger partial charge in [0, 0.05) is 23.5 Å². The van der Waals surface area contributed by atoms with Crippen molar-refractivity contribution in [2.45, 2.75) is 24.3 Å². The third-order valence-corrected chi connectivity index (χ3v) is 6.55. The Bertz CT molecular complexity index is 882. The summed E-state index contributed by atoms with van der Waals surface area (Å²) in [6.45, 7) is 1.77. The Morgan fingerprint density at radius 3 is 2.32 bits per heavy atom. The van der Waals surface area contributed by atoms with Crippen molar-refractivity contribution in [1.82, 2.24) is 4.31 Å². The van der Waals surface area contributed by atoms with Crippen LogP contribution in [0.3, 0.4) is 0 Å². The molecule has 134 valence electrons. The Balaban J connectivity index is 2.37. The first-order chi connectivity index (χ1) is 11.6. The smallest absolute Gasteiger partial charge is 0.322 e. The molecule has 0 saturated carbocycles. The van der Waals surface area contributed by atoms with Crippen molar-refractivity contribution in [1.29, 1.82) is 0 Å². The van der Waals surface area contributed by atoms with Crippen molar-refractivity contribution in [3.05, 3.63) is 63.6 Å². The lowest BCUT2D eigenvalue weighted by molar-refractivity contribution is -0.141. The van der Waals surface area contributed by atoms with E-state index in [1.165, 1.54) is 31.3 Å². The van der Waals surface area contributed by atoms with Crippen LogP contribution in [-0.4, -0.2) is 36.9 Å². The van der Waals surface area contributed by atoms with Gasteiger partial charge >= 0.3 is 5.97 Å². The molecule has 0 aliphatic rings. The van der Waals surface area contributed by atoms with Gasteiger partial charge in [0.2, 0.25) is 10.0 Å². The van der Waals surface area contributed by atoms with Crippen molar-refractivity contribution >= 4 is 39.2 Å². The molecule has 8 heteroatoms. The molecule has 0 amide bonds. The van der Waals surface area contributed by atoms with E-state index in [-0.39, 0.29) is 11.3 Å². The second kappa shape index (κ2) is 7.74. The molecule has 0 spiro atoms. The molecule has 2 aromatic rings. The molecule has 2 rings (SSSR count). The summed E-state index contributed by atoms with van der Waals surface area (Å²) < 4.78 is 26.3. The molecule has 5 nitrogen and oxygen atoms in total. The van der Waals surface area contributed by atoms with Gasteiger partial charge in [0.15, 0.2) is 0 Å². The maximum absolute atomic E-state index is 12.7. The zero-order chi connectivity index (χ0) is 18.8. The Hall–Kier alpha value is -1.60. The van der Waals surface area contributed by atoms with Crippen LogP contribution in [0, 0.1) is 6.92 Å². The van der Waals surface area contributed by atoms with Gasteiger partial charge in [0.05, 0.1) is 4.90 Å². The Labute approximate surface area is 156 Å². The summed E-state index contributed by atoms with van der Waals surface area (Å²) in [5, 5.41) is 10.5. The summed E-state index contributed by atoms with van der Waals surface area (Å²) in [7, 11) is -2.73. The van der Waals surface area contributed by atoms with Crippen LogP contribution in [0.25, 0.3) is 0 Å². The fourth-order valence-electron chi connectivity index (χ4n) is 2.39. The van der Waals surface area contributed by atoms with Crippen molar-refractivity contribution in [3.63, 3.8) is 0 Å². The van der Waals surface area contributed by atoms with Crippen molar-refractivity contribution in [3.8, 4) is 0 Å². The number of benzene rings is 2. The fourth-order valence-corrected chi connectivity index (χ4v) is 4.03. The third kappa shape index (κ3) is 4.33. The molecule has 0 aromatic heterocycles. The fraction of sp³-hybridized carbons (Fsp3) is 0.235. The first kappa shape index (κ1) is 19.7. The first-order valence-corrected chi connectivity index (χ1v) is 9.54. The summed E-state index contributed by atoms with van der Waals surface area (Å²) in [6.07, 6.45) is 0.00501. The number of aliphatic carboxylic acids is 1. The third-order valence-electron chi connectivity index (χ3n) is 4.01. The molecular formula is C17H17Cl2NO4S. The average Bonchev–Trinajstić information content (AvgIpc) is 2.55. The zero-order valence-electron chi connectivity index (χ0n) is 13.6. The number of rotatable bonds is 6. The summed E-state index contributed by atoms with van der Waals surface area (Å²) in [4.78, 5) is 11.7. The van der Waals surface area contributed by atoms with Crippen LogP contribution in [0.15, 0.2) is 47.4 Å². The molecule has 25 heavy (non-hydrogen) atoms. The topological polar surface area (TPSA) is 74.7 Å². The molecule has 0 radical (unpaired) electrons. The van der Waals surface area contributed by atoms with Crippen molar-refractivity contribution in [2.75, 3.05) is 7.05 Å². The number of nitrogens with zero attached hydrogens (tertiary/aromatic N) is 1. The van der Waals surface area contributed by atoms with E-state index >= 15 is 0 Å². The van der Waals surface area contributed by atoms with Crippen LogP contribution in [0.5, 0.6) is 0 Å². The lowest BCUT2D eigenvalue weighted by Gasteiger charge is -2.25. The van der Waals surface area contributed by atoms with Crippen LogP contribution in [0.4, 0.5) is 0 Å². The van der Waals surface area contributed by atoms with Crippen LogP contribution in [-0.2, 0) is 21.2 Å². The number of carboxylic acid groups (broad SMARTS) is 1. The van der Waals surface area contributed by atoms with Gasteiger partial charge in [-0.1, -0.05) is 35.3 Å². The van der Waals surface area contributed by atoms with E-state index in [0.717, 1.165) is 9.87 Å². The van der Waals surface area contributed by atoms with Crippen LogP contribution >= 0.6 is 23.2 Å². The number of halogens is 2. The maximum Gasteiger partial charge on any atom is 0.322 e. The highest BCUT2D eigenvalue weighted by Gasteiger charge is 2.33. The largest absolute Gasteiger partial charge is 0.480 e. The van der Waals surface area contributed by atoms with Crippen LogP contribution in [0.2, 0.25) is 10.0 Å². The van der Waals surface area contributed by atoms with Gasteiger partial charge in [-0.15, -0.1) is 0 Å². The lowest BCUT2D eigenvalue weighted by Crippen LogP contribution is -2.43. The van der Waals surface area contributed by atoms with Gasteiger partial charge in [-0.05, 0) is 48.4 Å². The Kier molecular flexibility index (Phi) is 6.11. The molecule has 0 heterocycles. The van der Waals surface area contributed by atoms with E-state index in [0.29, 0.717) is 15.6 Å². The standard InChI is InChI=1S/C17H17Cl2NO4S/c1-11-12(4-3-5-15(11)19)10-16(17(21)22)20(2)25(23,24)14-8-6-13(18)7-9-14/h3-9,16H,10H2,1-2H3,(H,21,22)/t16-/m0/s1.